The van der Waals surface area contributed by atoms with Crippen molar-refractivity contribution >= 4 is 0 Å². The molecule has 3 aliphatic rings. The van der Waals surface area contributed by atoms with Crippen molar-refractivity contribution < 1.29 is 4.48 Å². The van der Waals surface area contributed by atoms with Crippen LogP contribution in [0, 0.1) is 11.8 Å². The fourth-order valence-electron chi connectivity index (χ4n) is 5.77. The number of fused-ring (bicyclic) bond motifs is 1. The molecule has 0 bridgehead atoms. The monoisotopic (exact) mass is 379 g/mol. The van der Waals surface area contributed by atoms with Gasteiger partial charge in [0.25, 0.3) is 0 Å². The first-order chi connectivity index (χ1) is 13.5. The molecule has 3 atom stereocenters. The zero-order chi connectivity index (χ0) is 19.7. The summed E-state index contributed by atoms with van der Waals surface area (Å²) in [4.78, 5) is 2.82. The van der Waals surface area contributed by atoms with Gasteiger partial charge in [-0.25, -0.2) is 0 Å². The smallest absolute Gasteiger partial charge is 0.0903 e. The van der Waals surface area contributed by atoms with E-state index in [1.54, 1.807) is 16.8 Å². The molecule has 0 aromatic heterocycles. The van der Waals surface area contributed by atoms with Crippen LogP contribution >= 0.6 is 0 Å². The van der Waals surface area contributed by atoms with Gasteiger partial charge in [0.05, 0.1) is 26.7 Å². The second-order valence-electron chi connectivity index (χ2n) is 10.1. The van der Waals surface area contributed by atoms with Crippen molar-refractivity contribution in [1.29, 1.82) is 0 Å². The molecule has 2 aliphatic carbocycles. The lowest BCUT2D eigenvalue weighted by Crippen LogP contribution is -2.53. The van der Waals surface area contributed by atoms with Crippen LogP contribution < -0.4 is 0 Å². The van der Waals surface area contributed by atoms with Gasteiger partial charge >= 0.3 is 0 Å². The van der Waals surface area contributed by atoms with Crippen molar-refractivity contribution in [3.05, 3.63) is 59.3 Å². The first kappa shape index (κ1) is 19.8. The lowest BCUT2D eigenvalue weighted by molar-refractivity contribution is -0.920. The predicted octanol–water partition coefficient (Wildman–Crippen LogP) is 5.20. The molecule has 1 fully saturated rings. The molecule has 1 aliphatic heterocycles. The van der Waals surface area contributed by atoms with Crippen LogP contribution in [-0.4, -0.2) is 48.7 Å². The summed E-state index contributed by atoms with van der Waals surface area (Å²) in [5, 5.41) is 0. The maximum Gasteiger partial charge on any atom is 0.0903 e. The molecule has 3 unspecified atom stereocenters. The average molecular weight is 380 g/mol. The molecule has 1 heterocycles. The molecule has 0 spiro atoms. The number of hydrogen-bond acceptors (Lipinski definition) is 1. The zero-order valence-electron chi connectivity index (χ0n) is 18.4. The largest absolute Gasteiger partial charge is 0.371 e. The first-order valence-corrected chi connectivity index (χ1v) is 11.5. The van der Waals surface area contributed by atoms with Crippen LogP contribution in [0.1, 0.15) is 50.7 Å². The summed E-state index contributed by atoms with van der Waals surface area (Å²) in [6, 6.07) is 10.5. The maximum absolute atomic E-state index is 2.82. The van der Waals surface area contributed by atoms with Crippen molar-refractivity contribution in [1.82, 2.24) is 4.90 Å². The van der Waals surface area contributed by atoms with E-state index in [9.17, 15) is 0 Å². The van der Waals surface area contributed by atoms with Gasteiger partial charge in [-0.2, -0.15) is 0 Å². The van der Waals surface area contributed by atoms with Gasteiger partial charge < -0.3 is 9.38 Å². The van der Waals surface area contributed by atoms with E-state index >= 15 is 0 Å². The number of benzene rings is 1. The minimum atomic E-state index is 0.613. The normalized spacial score (nSPS) is 29.4. The van der Waals surface area contributed by atoms with Crippen molar-refractivity contribution in [3.8, 4) is 0 Å². The molecule has 152 valence electrons. The molecule has 1 aromatic rings. The SMILES string of the molecule is CC1C=CC=C(N(CCC2CCCC[N+]2(C)C)C2Cc3ccccc3C2)C1C. The number of quaternary nitrogens is 1. The predicted molar refractivity (Wildman–Crippen MR) is 119 cm³/mol. The van der Waals surface area contributed by atoms with E-state index < -0.39 is 0 Å². The minimum Gasteiger partial charge on any atom is -0.371 e. The Labute approximate surface area is 172 Å². The summed E-state index contributed by atoms with van der Waals surface area (Å²) < 4.78 is 1.21. The quantitative estimate of drug-likeness (QED) is 0.636. The highest BCUT2D eigenvalue weighted by Crippen LogP contribution is 2.35. The summed E-state index contributed by atoms with van der Waals surface area (Å²) in [6.07, 6.45) is 15.0. The van der Waals surface area contributed by atoms with Crippen molar-refractivity contribution in [2.75, 3.05) is 27.2 Å². The van der Waals surface area contributed by atoms with Gasteiger partial charge in [0.15, 0.2) is 0 Å². The average Bonchev–Trinajstić information content (AvgIpc) is 3.10. The molecular formula is C26H39N2+. The Morgan fingerprint density at radius 2 is 1.75 bits per heavy atom. The Morgan fingerprint density at radius 3 is 2.43 bits per heavy atom. The Balaban J connectivity index is 1.54. The number of likely N-dealkylation sites (tertiary alicyclic amines) is 1. The second-order valence-corrected chi connectivity index (χ2v) is 10.1. The fraction of sp³-hybridized carbons (Fsp3) is 0.615. The first-order valence-electron chi connectivity index (χ1n) is 11.5. The highest BCUT2D eigenvalue weighted by atomic mass is 15.3. The Kier molecular flexibility index (Phi) is 5.69. The maximum atomic E-state index is 2.82. The molecule has 0 saturated carbocycles. The van der Waals surface area contributed by atoms with Crippen LogP contribution in [0.15, 0.2) is 48.2 Å². The number of rotatable bonds is 5. The van der Waals surface area contributed by atoms with Crippen LogP contribution in [0.2, 0.25) is 0 Å². The van der Waals surface area contributed by atoms with E-state index in [4.69, 9.17) is 0 Å². The molecule has 1 saturated heterocycles. The molecule has 0 radical (unpaired) electrons. The third kappa shape index (κ3) is 3.94. The van der Waals surface area contributed by atoms with E-state index in [1.807, 2.05) is 0 Å². The number of allylic oxidation sites excluding steroid dienone is 4. The van der Waals surface area contributed by atoms with Crippen LogP contribution in [0.5, 0.6) is 0 Å². The molecule has 4 rings (SSSR count). The summed E-state index contributed by atoms with van der Waals surface area (Å²) in [6.45, 7) is 7.35. The van der Waals surface area contributed by atoms with Gasteiger partial charge in [-0.05, 0) is 55.2 Å². The van der Waals surface area contributed by atoms with Gasteiger partial charge in [0.2, 0.25) is 0 Å². The molecule has 2 heteroatoms. The van der Waals surface area contributed by atoms with E-state index in [2.05, 4.69) is 75.3 Å². The highest BCUT2D eigenvalue weighted by molar-refractivity contribution is 5.34. The molecule has 0 amide bonds. The van der Waals surface area contributed by atoms with Crippen molar-refractivity contribution in [3.63, 3.8) is 0 Å². The molecule has 2 nitrogen and oxygen atoms in total. The lowest BCUT2D eigenvalue weighted by Gasteiger charge is -2.44. The Hall–Kier alpha value is -1.54. The molecule has 28 heavy (non-hydrogen) atoms. The van der Waals surface area contributed by atoms with Gasteiger partial charge in [-0.3, -0.25) is 0 Å². The van der Waals surface area contributed by atoms with Gasteiger partial charge in [-0.1, -0.05) is 50.3 Å². The second kappa shape index (κ2) is 8.06. The molecule has 0 N–H and O–H groups in total. The Bertz CT molecular complexity index is 720. The van der Waals surface area contributed by atoms with Gasteiger partial charge in [-0.15, -0.1) is 0 Å². The fourth-order valence-corrected chi connectivity index (χ4v) is 5.77. The Morgan fingerprint density at radius 1 is 1.04 bits per heavy atom. The zero-order valence-corrected chi connectivity index (χ0v) is 18.4. The number of piperidine rings is 1. The van der Waals surface area contributed by atoms with Crippen LogP contribution in [0.25, 0.3) is 0 Å². The van der Waals surface area contributed by atoms with Crippen molar-refractivity contribution in [2.24, 2.45) is 11.8 Å². The summed E-state index contributed by atoms with van der Waals surface area (Å²) >= 11 is 0. The molecular weight excluding hydrogens is 340 g/mol. The van der Waals surface area contributed by atoms with Crippen LogP contribution in [-0.2, 0) is 12.8 Å². The van der Waals surface area contributed by atoms with E-state index in [0.29, 0.717) is 17.9 Å². The molecule has 1 aromatic carbocycles. The van der Waals surface area contributed by atoms with Crippen molar-refractivity contribution in [2.45, 2.75) is 64.5 Å². The van der Waals surface area contributed by atoms with Gasteiger partial charge in [0.1, 0.15) is 0 Å². The van der Waals surface area contributed by atoms with E-state index in [1.165, 1.54) is 56.1 Å². The third-order valence-electron chi connectivity index (χ3n) is 7.95. The minimum absolute atomic E-state index is 0.613. The van der Waals surface area contributed by atoms with Gasteiger partial charge in [0, 0.05) is 30.6 Å². The van der Waals surface area contributed by atoms with E-state index in [0.717, 1.165) is 6.04 Å². The number of hydrogen-bond donors (Lipinski definition) is 0. The van der Waals surface area contributed by atoms with Crippen LogP contribution in [0.4, 0.5) is 0 Å². The summed E-state index contributed by atoms with van der Waals surface area (Å²) in [5.41, 5.74) is 4.71. The summed E-state index contributed by atoms with van der Waals surface area (Å²) in [7, 11) is 4.90. The third-order valence-corrected chi connectivity index (χ3v) is 7.95. The topological polar surface area (TPSA) is 3.24 Å². The van der Waals surface area contributed by atoms with E-state index in [-0.39, 0.29) is 0 Å². The van der Waals surface area contributed by atoms with Crippen LogP contribution in [0.3, 0.4) is 0 Å². The highest BCUT2D eigenvalue weighted by Gasteiger charge is 2.35. The summed E-state index contributed by atoms with van der Waals surface area (Å²) in [5.74, 6) is 1.25. The standard InChI is InChI=1S/C26H39N2/c1-20-10-9-14-26(21(20)2)27(16-15-25-13-7-8-17-28(25,3)4)24-18-22-11-5-6-12-23(22)19-24/h5-6,9-12,14,20-21,24-25H,7-8,13,15-19H2,1-4H3/q+1. The number of nitrogens with zero attached hydrogens (tertiary/aromatic N) is 2. The lowest BCUT2D eigenvalue weighted by atomic mass is 9.87.